The van der Waals surface area contributed by atoms with Gasteiger partial charge in [0.05, 0.1) is 5.01 Å². The van der Waals surface area contributed by atoms with E-state index in [1.807, 2.05) is 16.3 Å². The number of piperidine rings is 1. The Morgan fingerprint density at radius 2 is 2.12 bits per heavy atom. The maximum atomic E-state index is 12.8. The molecule has 0 radical (unpaired) electrons. The molecule has 5 heteroatoms. The molecule has 0 aliphatic carbocycles. The van der Waals surface area contributed by atoms with Crippen molar-refractivity contribution in [1.29, 1.82) is 0 Å². The third-order valence-corrected chi connectivity index (χ3v) is 5.66. The summed E-state index contributed by atoms with van der Waals surface area (Å²) in [4.78, 5) is 19.3. The first kappa shape index (κ1) is 17.1. The average molecular weight is 343 g/mol. The van der Waals surface area contributed by atoms with E-state index in [2.05, 4.69) is 36.2 Å². The number of likely N-dealkylation sites (tertiary alicyclic amines) is 1. The minimum absolute atomic E-state index is 0.0413. The maximum absolute atomic E-state index is 12.8. The number of amides is 1. The normalized spacial score (nSPS) is 21.0. The van der Waals surface area contributed by atoms with Crippen LogP contribution in [0.2, 0.25) is 0 Å². The van der Waals surface area contributed by atoms with E-state index in [1.54, 1.807) is 11.3 Å². The van der Waals surface area contributed by atoms with E-state index >= 15 is 0 Å². The van der Waals surface area contributed by atoms with Crippen molar-refractivity contribution in [3.8, 4) is 0 Å². The summed E-state index contributed by atoms with van der Waals surface area (Å²) in [5.74, 6) is 0.680. The van der Waals surface area contributed by atoms with Crippen LogP contribution in [0.3, 0.4) is 0 Å². The first-order chi connectivity index (χ1) is 11.7. The van der Waals surface area contributed by atoms with Gasteiger partial charge in [0.2, 0.25) is 0 Å². The van der Waals surface area contributed by atoms with Crippen molar-refractivity contribution < 1.29 is 4.79 Å². The number of carbonyl (C=O) groups is 1. The molecule has 1 saturated heterocycles. The molecule has 24 heavy (non-hydrogen) atoms. The topological polar surface area (TPSA) is 59.2 Å². The molecular weight excluding hydrogens is 318 g/mol. The highest BCUT2D eigenvalue weighted by atomic mass is 32.1. The van der Waals surface area contributed by atoms with Gasteiger partial charge in [0, 0.05) is 30.9 Å². The largest absolute Gasteiger partial charge is 0.333 e. The first-order valence-electron chi connectivity index (χ1n) is 8.66. The number of aromatic nitrogens is 1. The summed E-state index contributed by atoms with van der Waals surface area (Å²) in [7, 11) is 0. The Kier molecular flexibility index (Phi) is 5.63. The van der Waals surface area contributed by atoms with Crippen LogP contribution in [0.15, 0.2) is 35.7 Å². The number of rotatable bonds is 5. The number of hydrogen-bond donors (Lipinski definition) is 1. The number of hydrogen-bond acceptors (Lipinski definition) is 4. The Hall–Kier alpha value is -1.72. The molecule has 1 aromatic heterocycles. The smallest absolute Gasteiger partial charge is 0.273 e. The summed E-state index contributed by atoms with van der Waals surface area (Å²) in [5, 5.41) is 2.92. The fourth-order valence-electron chi connectivity index (χ4n) is 3.31. The molecule has 2 heterocycles. The molecule has 1 fully saturated rings. The molecule has 1 amide bonds. The average Bonchev–Trinajstić information content (AvgIpc) is 3.09. The molecule has 2 unspecified atom stereocenters. The second-order valence-corrected chi connectivity index (χ2v) is 7.57. The van der Waals surface area contributed by atoms with Gasteiger partial charge < -0.3 is 10.6 Å². The number of nitrogens with two attached hydrogens (primary N) is 1. The van der Waals surface area contributed by atoms with Crippen LogP contribution in [-0.2, 0) is 12.8 Å². The van der Waals surface area contributed by atoms with Crippen molar-refractivity contribution >= 4 is 17.2 Å². The van der Waals surface area contributed by atoms with Crippen LogP contribution in [0.1, 0.15) is 40.8 Å². The molecule has 0 bridgehead atoms. The van der Waals surface area contributed by atoms with Gasteiger partial charge in [-0.3, -0.25) is 4.79 Å². The molecule has 1 aliphatic rings. The Bertz CT molecular complexity index is 670. The molecule has 3 rings (SSSR count). The Balaban J connectivity index is 1.63. The first-order valence-corrected chi connectivity index (χ1v) is 9.54. The van der Waals surface area contributed by atoms with Gasteiger partial charge in [0.1, 0.15) is 5.69 Å². The van der Waals surface area contributed by atoms with Gasteiger partial charge in [-0.15, -0.1) is 11.3 Å². The monoisotopic (exact) mass is 343 g/mol. The van der Waals surface area contributed by atoms with Crippen LogP contribution in [0.4, 0.5) is 0 Å². The Morgan fingerprint density at radius 1 is 1.33 bits per heavy atom. The molecule has 0 spiro atoms. The molecule has 2 atom stereocenters. The van der Waals surface area contributed by atoms with Gasteiger partial charge >= 0.3 is 0 Å². The lowest BCUT2D eigenvalue weighted by molar-refractivity contribution is 0.0568. The van der Waals surface area contributed by atoms with E-state index < -0.39 is 0 Å². The van der Waals surface area contributed by atoms with Crippen molar-refractivity contribution in [2.45, 2.75) is 38.6 Å². The van der Waals surface area contributed by atoms with E-state index in [1.165, 1.54) is 5.56 Å². The van der Waals surface area contributed by atoms with E-state index in [0.717, 1.165) is 37.2 Å². The van der Waals surface area contributed by atoms with Gasteiger partial charge in [-0.25, -0.2) is 4.98 Å². The predicted molar refractivity (Wildman–Crippen MR) is 98.2 cm³/mol. The van der Waals surface area contributed by atoms with Crippen LogP contribution in [0.25, 0.3) is 0 Å². The molecule has 2 aromatic rings. The van der Waals surface area contributed by atoms with Crippen LogP contribution in [0, 0.1) is 5.92 Å². The van der Waals surface area contributed by atoms with Gasteiger partial charge in [-0.2, -0.15) is 0 Å². The van der Waals surface area contributed by atoms with E-state index in [4.69, 9.17) is 5.73 Å². The summed E-state index contributed by atoms with van der Waals surface area (Å²) < 4.78 is 0. The van der Waals surface area contributed by atoms with Crippen molar-refractivity contribution in [2.75, 3.05) is 13.1 Å². The maximum Gasteiger partial charge on any atom is 0.273 e. The Labute approximate surface area is 147 Å². The number of benzene rings is 1. The van der Waals surface area contributed by atoms with Gasteiger partial charge in [0.25, 0.3) is 5.91 Å². The number of carbonyl (C=O) groups excluding carboxylic acids is 1. The summed E-state index contributed by atoms with van der Waals surface area (Å²) in [6.45, 7) is 3.55. The zero-order valence-corrected chi connectivity index (χ0v) is 15.0. The number of thiazole rings is 1. The summed E-state index contributed by atoms with van der Waals surface area (Å²) in [6.07, 6.45) is 3.87. The van der Waals surface area contributed by atoms with E-state index in [0.29, 0.717) is 18.2 Å². The van der Waals surface area contributed by atoms with Gasteiger partial charge in [-0.1, -0.05) is 37.3 Å². The summed E-state index contributed by atoms with van der Waals surface area (Å²) >= 11 is 1.58. The number of nitrogens with zero attached hydrogens (tertiary/aromatic N) is 2. The lowest BCUT2D eigenvalue weighted by atomic mass is 9.92. The molecule has 1 aliphatic heterocycles. The van der Waals surface area contributed by atoms with Crippen LogP contribution in [0.5, 0.6) is 0 Å². The highest BCUT2D eigenvalue weighted by molar-refractivity contribution is 7.09. The molecule has 2 N–H and O–H groups in total. The van der Waals surface area contributed by atoms with Crippen LogP contribution in [-0.4, -0.2) is 34.9 Å². The lowest BCUT2D eigenvalue weighted by Gasteiger charge is -2.37. The zero-order valence-electron chi connectivity index (χ0n) is 14.1. The van der Waals surface area contributed by atoms with E-state index in [-0.39, 0.29) is 11.9 Å². The number of aryl methyl sites for hydroxylation is 2. The fourth-order valence-corrected chi connectivity index (χ4v) is 4.08. The minimum Gasteiger partial charge on any atom is -0.333 e. The van der Waals surface area contributed by atoms with Crippen molar-refractivity contribution in [3.05, 3.63) is 52.0 Å². The zero-order chi connectivity index (χ0) is 16.9. The van der Waals surface area contributed by atoms with Gasteiger partial charge in [0.15, 0.2) is 0 Å². The molecule has 128 valence electrons. The van der Waals surface area contributed by atoms with Crippen molar-refractivity contribution in [1.82, 2.24) is 9.88 Å². The Morgan fingerprint density at radius 3 is 2.88 bits per heavy atom. The third kappa shape index (κ3) is 4.02. The summed E-state index contributed by atoms with van der Waals surface area (Å²) in [6, 6.07) is 10.5. The van der Waals surface area contributed by atoms with Crippen LogP contribution < -0.4 is 5.73 Å². The third-order valence-electron chi connectivity index (χ3n) is 4.75. The quantitative estimate of drug-likeness (QED) is 0.907. The highest BCUT2D eigenvalue weighted by Crippen LogP contribution is 2.24. The standard InChI is InChI=1S/C19H25N3OS/c1-14-9-10-22(16(11-14)12-20)19(23)17-13-24-18(21-17)8-7-15-5-3-2-4-6-15/h2-6,13-14,16H,7-12,20H2,1H3. The molecule has 4 nitrogen and oxygen atoms in total. The molecule has 0 saturated carbocycles. The van der Waals surface area contributed by atoms with Gasteiger partial charge in [-0.05, 0) is 30.7 Å². The van der Waals surface area contributed by atoms with E-state index in [9.17, 15) is 4.79 Å². The van der Waals surface area contributed by atoms with Crippen molar-refractivity contribution in [2.24, 2.45) is 11.7 Å². The SMILES string of the molecule is CC1CCN(C(=O)c2csc(CCc3ccccc3)n2)C(CN)C1. The van der Waals surface area contributed by atoms with Crippen molar-refractivity contribution in [3.63, 3.8) is 0 Å². The molecular formula is C19H25N3OS. The predicted octanol–water partition coefficient (Wildman–Crippen LogP) is 3.13. The second-order valence-electron chi connectivity index (χ2n) is 6.63. The lowest BCUT2D eigenvalue weighted by Crippen LogP contribution is -2.49. The highest BCUT2D eigenvalue weighted by Gasteiger charge is 2.30. The fraction of sp³-hybridized carbons (Fsp3) is 0.474. The molecule has 1 aromatic carbocycles. The minimum atomic E-state index is 0.0413. The summed E-state index contributed by atoms with van der Waals surface area (Å²) in [5.41, 5.74) is 7.76. The van der Waals surface area contributed by atoms with Crippen LogP contribution >= 0.6 is 11.3 Å². The second kappa shape index (κ2) is 7.90.